The Hall–Kier alpha value is -0.830. The van der Waals surface area contributed by atoms with Crippen molar-refractivity contribution in [1.29, 1.82) is 0 Å². The van der Waals surface area contributed by atoms with Crippen LogP contribution >= 0.6 is 11.6 Å². The molecule has 0 aliphatic heterocycles. The fraction of sp³-hybridized carbons (Fsp3) is 0.500. The minimum atomic E-state index is 0.408. The largest absolute Gasteiger partial charge is 0.382 e. The lowest BCUT2D eigenvalue weighted by molar-refractivity contribution is 0.912. The molecule has 1 aliphatic rings. The third-order valence-electron chi connectivity index (χ3n) is 2.00. The molecular formula is C8H10ClN3. The second kappa shape index (κ2) is 2.59. The Morgan fingerprint density at radius 2 is 2.08 bits per heavy atom. The highest BCUT2D eigenvalue weighted by atomic mass is 35.5. The van der Waals surface area contributed by atoms with E-state index in [0.29, 0.717) is 16.8 Å². The minimum absolute atomic E-state index is 0.408. The van der Waals surface area contributed by atoms with Gasteiger partial charge in [0.15, 0.2) is 0 Å². The Kier molecular flexibility index (Phi) is 1.68. The van der Waals surface area contributed by atoms with Gasteiger partial charge in [0.2, 0.25) is 0 Å². The van der Waals surface area contributed by atoms with Gasteiger partial charge in [-0.1, -0.05) is 11.6 Å². The molecule has 0 atom stereocenters. The van der Waals surface area contributed by atoms with Crippen LogP contribution in [0.4, 0.5) is 5.82 Å². The Morgan fingerprint density at radius 3 is 2.58 bits per heavy atom. The smallest absolute Gasteiger partial charge is 0.146 e. The quantitative estimate of drug-likeness (QED) is 0.724. The predicted molar refractivity (Wildman–Crippen MR) is 48.2 cm³/mol. The fourth-order valence-corrected chi connectivity index (χ4v) is 1.21. The molecular weight excluding hydrogens is 174 g/mol. The molecule has 0 aromatic carbocycles. The van der Waals surface area contributed by atoms with Crippen molar-refractivity contribution in [3.8, 4) is 0 Å². The molecule has 64 valence electrons. The molecule has 1 aromatic heterocycles. The van der Waals surface area contributed by atoms with Crippen molar-refractivity contribution >= 4 is 17.4 Å². The van der Waals surface area contributed by atoms with Gasteiger partial charge in [-0.2, -0.15) is 0 Å². The second-order valence-electron chi connectivity index (χ2n) is 3.14. The number of hydrogen-bond donors (Lipinski definition) is 1. The van der Waals surface area contributed by atoms with E-state index in [9.17, 15) is 0 Å². The SMILES string of the molecule is Cc1nc(C2CC2)nc(N)c1Cl. The summed E-state index contributed by atoms with van der Waals surface area (Å²) in [5.41, 5.74) is 6.39. The van der Waals surface area contributed by atoms with Crippen LogP contribution in [0.1, 0.15) is 30.3 Å². The maximum Gasteiger partial charge on any atom is 0.146 e. The summed E-state index contributed by atoms with van der Waals surface area (Å²) >= 11 is 5.82. The van der Waals surface area contributed by atoms with Crippen LogP contribution in [0.5, 0.6) is 0 Å². The van der Waals surface area contributed by atoms with Crippen LogP contribution in [0.3, 0.4) is 0 Å². The van der Waals surface area contributed by atoms with Crippen LogP contribution in [0.25, 0.3) is 0 Å². The van der Waals surface area contributed by atoms with Crippen LogP contribution in [0.2, 0.25) is 5.02 Å². The molecule has 12 heavy (non-hydrogen) atoms. The van der Waals surface area contributed by atoms with E-state index < -0.39 is 0 Å². The summed E-state index contributed by atoms with van der Waals surface area (Å²) in [6.45, 7) is 1.85. The number of aryl methyl sites for hydroxylation is 1. The Morgan fingerprint density at radius 1 is 1.42 bits per heavy atom. The lowest BCUT2D eigenvalue weighted by Crippen LogP contribution is -2.01. The van der Waals surface area contributed by atoms with E-state index in [4.69, 9.17) is 17.3 Å². The van der Waals surface area contributed by atoms with Crippen LogP contribution in [0.15, 0.2) is 0 Å². The maximum absolute atomic E-state index is 5.82. The van der Waals surface area contributed by atoms with E-state index in [1.165, 1.54) is 12.8 Å². The number of hydrogen-bond acceptors (Lipinski definition) is 3. The van der Waals surface area contributed by atoms with Crippen molar-refractivity contribution in [3.63, 3.8) is 0 Å². The number of aromatic nitrogens is 2. The molecule has 1 aromatic rings. The molecule has 0 spiro atoms. The first kappa shape index (κ1) is 7.80. The summed E-state index contributed by atoms with van der Waals surface area (Å²) in [6.07, 6.45) is 2.36. The molecule has 1 saturated carbocycles. The lowest BCUT2D eigenvalue weighted by atomic mass is 10.3. The molecule has 4 heteroatoms. The molecule has 1 fully saturated rings. The summed E-state index contributed by atoms with van der Waals surface area (Å²) in [6, 6.07) is 0. The van der Waals surface area contributed by atoms with Gasteiger partial charge in [0.05, 0.1) is 5.69 Å². The van der Waals surface area contributed by atoms with E-state index in [1.807, 2.05) is 6.92 Å². The van der Waals surface area contributed by atoms with Gasteiger partial charge in [-0.05, 0) is 19.8 Å². The van der Waals surface area contributed by atoms with Crippen LogP contribution in [0, 0.1) is 6.92 Å². The zero-order chi connectivity index (χ0) is 8.72. The normalized spacial score (nSPS) is 16.5. The van der Waals surface area contributed by atoms with Crippen molar-refractivity contribution in [2.75, 3.05) is 5.73 Å². The van der Waals surface area contributed by atoms with Crippen molar-refractivity contribution < 1.29 is 0 Å². The van der Waals surface area contributed by atoms with Crippen molar-refractivity contribution in [2.24, 2.45) is 0 Å². The molecule has 0 unspecified atom stereocenters. The highest BCUT2D eigenvalue weighted by Crippen LogP contribution is 2.39. The highest BCUT2D eigenvalue weighted by molar-refractivity contribution is 6.33. The summed E-state index contributed by atoms with van der Waals surface area (Å²) in [4.78, 5) is 8.40. The molecule has 2 rings (SSSR count). The summed E-state index contributed by atoms with van der Waals surface area (Å²) in [5.74, 6) is 1.80. The van der Waals surface area contributed by atoms with Crippen LogP contribution < -0.4 is 5.73 Å². The lowest BCUT2D eigenvalue weighted by Gasteiger charge is -2.03. The van der Waals surface area contributed by atoms with Crippen molar-refractivity contribution in [2.45, 2.75) is 25.7 Å². The van der Waals surface area contributed by atoms with Gasteiger partial charge in [0.1, 0.15) is 16.7 Å². The number of nitrogens with two attached hydrogens (primary N) is 1. The van der Waals surface area contributed by atoms with Gasteiger partial charge in [0, 0.05) is 5.92 Å². The van der Waals surface area contributed by atoms with Gasteiger partial charge in [-0.25, -0.2) is 9.97 Å². The van der Waals surface area contributed by atoms with Gasteiger partial charge < -0.3 is 5.73 Å². The Labute approximate surface area is 76.0 Å². The molecule has 3 nitrogen and oxygen atoms in total. The number of rotatable bonds is 1. The molecule has 0 amide bonds. The summed E-state index contributed by atoms with van der Waals surface area (Å²) < 4.78 is 0. The molecule has 0 saturated heterocycles. The van der Waals surface area contributed by atoms with Gasteiger partial charge in [0.25, 0.3) is 0 Å². The van der Waals surface area contributed by atoms with Gasteiger partial charge in [-0.15, -0.1) is 0 Å². The first-order valence-corrected chi connectivity index (χ1v) is 4.36. The maximum atomic E-state index is 5.82. The average molecular weight is 184 g/mol. The molecule has 0 radical (unpaired) electrons. The monoisotopic (exact) mass is 183 g/mol. The Balaban J connectivity index is 2.45. The van der Waals surface area contributed by atoms with Gasteiger partial charge in [-0.3, -0.25) is 0 Å². The zero-order valence-corrected chi connectivity index (χ0v) is 7.60. The molecule has 1 aliphatic carbocycles. The zero-order valence-electron chi connectivity index (χ0n) is 6.84. The van der Waals surface area contributed by atoms with Crippen molar-refractivity contribution in [3.05, 3.63) is 16.5 Å². The standard InChI is InChI=1S/C8H10ClN3/c1-4-6(9)7(10)12-8(11-4)5-2-3-5/h5H,2-3H2,1H3,(H2,10,11,12). The summed E-state index contributed by atoms with van der Waals surface area (Å²) in [5, 5.41) is 0.486. The second-order valence-corrected chi connectivity index (χ2v) is 3.52. The average Bonchev–Trinajstić information content (AvgIpc) is 2.81. The molecule has 1 heterocycles. The fourth-order valence-electron chi connectivity index (χ4n) is 1.13. The first-order chi connectivity index (χ1) is 5.68. The van der Waals surface area contributed by atoms with E-state index in [0.717, 1.165) is 11.5 Å². The van der Waals surface area contributed by atoms with E-state index in [1.54, 1.807) is 0 Å². The number of halogens is 1. The van der Waals surface area contributed by atoms with Crippen LogP contribution in [-0.4, -0.2) is 9.97 Å². The van der Waals surface area contributed by atoms with E-state index in [2.05, 4.69) is 9.97 Å². The minimum Gasteiger partial charge on any atom is -0.382 e. The summed E-state index contributed by atoms with van der Waals surface area (Å²) in [7, 11) is 0. The predicted octanol–water partition coefficient (Wildman–Crippen LogP) is 1.90. The van der Waals surface area contributed by atoms with Crippen LogP contribution in [-0.2, 0) is 0 Å². The highest BCUT2D eigenvalue weighted by Gasteiger charge is 2.27. The molecule has 2 N–H and O–H groups in total. The third kappa shape index (κ3) is 1.25. The third-order valence-corrected chi connectivity index (χ3v) is 2.47. The van der Waals surface area contributed by atoms with E-state index in [-0.39, 0.29) is 0 Å². The van der Waals surface area contributed by atoms with Crippen molar-refractivity contribution in [1.82, 2.24) is 9.97 Å². The van der Waals surface area contributed by atoms with E-state index >= 15 is 0 Å². The number of nitrogens with zero attached hydrogens (tertiary/aromatic N) is 2. The molecule has 0 bridgehead atoms. The Bertz CT molecular complexity index is 297. The number of nitrogen functional groups attached to an aromatic ring is 1. The topological polar surface area (TPSA) is 51.8 Å². The number of anilines is 1. The van der Waals surface area contributed by atoms with Gasteiger partial charge >= 0.3 is 0 Å². The first-order valence-electron chi connectivity index (χ1n) is 3.98.